The van der Waals surface area contributed by atoms with E-state index >= 15 is 0 Å². The van der Waals surface area contributed by atoms with Crippen molar-refractivity contribution in [3.8, 4) is 0 Å². The van der Waals surface area contributed by atoms with Crippen molar-refractivity contribution < 1.29 is 13.2 Å². The first-order valence-corrected chi connectivity index (χ1v) is 7.96. The quantitative estimate of drug-likeness (QED) is 0.737. The second-order valence-corrected chi connectivity index (χ2v) is 6.39. The number of alkyl halides is 3. The molecule has 0 amide bonds. The molecule has 6 heteroatoms. The van der Waals surface area contributed by atoms with Crippen molar-refractivity contribution in [2.75, 3.05) is 5.75 Å². The van der Waals surface area contributed by atoms with Crippen LogP contribution in [0.4, 0.5) is 13.2 Å². The molecule has 21 heavy (non-hydrogen) atoms. The van der Waals surface area contributed by atoms with E-state index in [0.717, 1.165) is 21.5 Å². The first-order valence-electron chi connectivity index (χ1n) is 6.18. The summed E-state index contributed by atoms with van der Waals surface area (Å²) in [6.45, 7) is 0. The number of hydrogen-bond acceptors (Lipinski definition) is 2. The number of halogens is 4. The van der Waals surface area contributed by atoms with Crippen molar-refractivity contribution in [3.63, 3.8) is 0 Å². The maximum absolute atomic E-state index is 12.7. The minimum absolute atomic E-state index is 0.454. The molecule has 2 rings (SSSR count). The predicted molar refractivity (Wildman–Crippen MR) is 83.2 cm³/mol. The van der Waals surface area contributed by atoms with Gasteiger partial charge in [0.2, 0.25) is 0 Å². The average molecular weight is 376 g/mol. The van der Waals surface area contributed by atoms with Crippen LogP contribution in [0.3, 0.4) is 0 Å². The first kappa shape index (κ1) is 16.4. The Morgan fingerprint density at radius 1 is 1.10 bits per heavy atom. The lowest BCUT2D eigenvalue weighted by Gasteiger charge is -2.14. The van der Waals surface area contributed by atoms with Crippen LogP contribution in [0.1, 0.15) is 17.2 Å². The van der Waals surface area contributed by atoms with Crippen molar-refractivity contribution in [2.45, 2.75) is 17.1 Å². The SMILES string of the molecule is NC(CSc1ccccc1Br)c1cccc(C(F)(F)F)c1. The summed E-state index contributed by atoms with van der Waals surface area (Å²) < 4.78 is 39.0. The van der Waals surface area contributed by atoms with E-state index in [4.69, 9.17) is 5.73 Å². The lowest BCUT2D eigenvalue weighted by atomic mass is 10.1. The molecule has 1 unspecified atom stereocenters. The molecule has 0 saturated heterocycles. The predicted octanol–water partition coefficient (Wildman–Crippen LogP) is 5.26. The van der Waals surface area contributed by atoms with Crippen LogP contribution in [0.25, 0.3) is 0 Å². The summed E-state index contributed by atoms with van der Waals surface area (Å²) in [5.41, 5.74) is 5.83. The molecule has 0 saturated carbocycles. The highest BCUT2D eigenvalue weighted by Crippen LogP contribution is 2.33. The Balaban J connectivity index is 2.07. The van der Waals surface area contributed by atoms with Gasteiger partial charge in [0.1, 0.15) is 0 Å². The topological polar surface area (TPSA) is 26.0 Å². The molecule has 0 aliphatic rings. The molecule has 2 aromatic carbocycles. The minimum atomic E-state index is -4.34. The molecule has 0 heterocycles. The van der Waals surface area contributed by atoms with Crippen molar-refractivity contribution in [2.24, 2.45) is 5.73 Å². The van der Waals surface area contributed by atoms with Crippen LogP contribution in [0, 0.1) is 0 Å². The highest BCUT2D eigenvalue weighted by Gasteiger charge is 2.30. The van der Waals surface area contributed by atoms with Crippen LogP contribution in [-0.2, 0) is 6.18 Å². The van der Waals surface area contributed by atoms with E-state index in [1.54, 1.807) is 6.07 Å². The molecular weight excluding hydrogens is 363 g/mol. The van der Waals surface area contributed by atoms with E-state index in [-0.39, 0.29) is 0 Å². The van der Waals surface area contributed by atoms with Crippen LogP contribution in [-0.4, -0.2) is 5.75 Å². The highest BCUT2D eigenvalue weighted by molar-refractivity contribution is 9.10. The van der Waals surface area contributed by atoms with Gasteiger partial charge in [-0.05, 0) is 45.8 Å². The lowest BCUT2D eigenvalue weighted by Crippen LogP contribution is -2.14. The average Bonchev–Trinajstić information content (AvgIpc) is 2.45. The largest absolute Gasteiger partial charge is 0.416 e. The Morgan fingerprint density at radius 3 is 2.48 bits per heavy atom. The maximum Gasteiger partial charge on any atom is 0.416 e. The Kier molecular flexibility index (Phi) is 5.35. The molecule has 0 aromatic heterocycles. The molecule has 0 bridgehead atoms. The Bertz CT molecular complexity index is 616. The molecular formula is C15H13BrF3NS. The third-order valence-electron chi connectivity index (χ3n) is 2.90. The van der Waals surface area contributed by atoms with Gasteiger partial charge in [0.15, 0.2) is 0 Å². The van der Waals surface area contributed by atoms with Gasteiger partial charge in [-0.2, -0.15) is 13.2 Å². The number of nitrogens with two attached hydrogens (primary N) is 1. The van der Waals surface area contributed by atoms with Gasteiger partial charge in [0, 0.05) is 21.2 Å². The van der Waals surface area contributed by atoms with E-state index in [1.807, 2.05) is 24.3 Å². The standard InChI is InChI=1S/C15H13BrF3NS/c16-12-6-1-2-7-14(12)21-9-13(20)10-4-3-5-11(8-10)15(17,18)19/h1-8,13H,9,20H2. The van der Waals surface area contributed by atoms with Crippen LogP contribution in [0.2, 0.25) is 0 Å². The van der Waals surface area contributed by atoms with E-state index in [1.165, 1.54) is 17.8 Å². The number of thioether (sulfide) groups is 1. The van der Waals surface area contributed by atoms with Gasteiger partial charge in [-0.3, -0.25) is 0 Å². The van der Waals surface area contributed by atoms with Gasteiger partial charge in [0.25, 0.3) is 0 Å². The van der Waals surface area contributed by atoms with Gasteiger partial charge in [-0.15, -0.1) is 11.8 Å². The van der Waals surface area contributed by atoms with Crippen LogP contribution < -0.4 is 5.73 Å². The minimum Gasteiger partial charge on any atom is -0.323 e. The van der Waals surface area contributed by atoms with Crippen LogP contribution in [0.5, 0.6) is 0 Å². The molecule has 2 aromatic rings. The van der Waals surface area contributed by atoms with Gasteiger partial charge < -0.3 is 5.73 Å². The summed E-state index contributed by atoms with van der Waals surface area (Å²) in [6.07, 6.45) is -4.34. The summed E-state index contributed by atoms with van der Waals surface area (Å²) in [5, 5.41) is 0. The molecule has 0 fully saturated rings. The molecule has 0 aliphatic carbocycles. The lowest BCUT2D eigenvalue weighted by molar-refractivity contribution is -0.137. The van der Waals surface area contributed by atoms with Gasteiger partial charge in [-0.1, -0.05) is 24.3 Å². The van der Waals surface area contributed by atoms with Gasteiger partial charge in [-0.25, -0.2) is 0 Å². The van der Waals surface area contributed by atoms with E-state index in [0.29, 0.717) is 11.3 Å². The summed E-state index contributed by atoms with van der Waals surface area (Å²) in [4.78, 5) is 1.01. The fourth-order valence-electron chi connectivity index (χ4n) is 1.78. The molecule has 1 atom stereocenters. The molecule has 0 radical (unpaired) electrons. The normalized spacial score (nSPS) is 13.2. The second kappa shape index (κ2) is 6.85. The smallest absolute Gasteiger partial charge is 0.323 e. The summed E-state index contributed by atoms with van der Waals surface area (Å²) in [5.74, 6) is 0.504. The van der Waals surface area contributed by atoms with E-state index in [2.05, 4.69) is 15.9 Å². The van der Waals surface area contributed by atoms with E-state index in [9.17, 15) is 13.2 Å². The zero-order valence-corrected chi connectivity index (χ0v) is 13.3. The summed E-state index contributed by atoms with van der Waals surface area (Å²) in [7, 11) is 0. The zero-order chi connectivity index (χ0) is 15.5. The van der Waals surface area contributed by atoms with Crippen molar-refractivity contribution in [1.29, 1.82) is 0 Å². The Morgan fingerprint density at radius 2 is 1.81 bits per heavy atom. The molecule has 0 aliphatic heterocycles. The number of benzene rings is 2. The summed E-state index contributed by atoms with van der Waals surface area (Å²) in [6, 6.07) is 12.4. The van der Waals surface area contributed by atoms with Crippen molar-refractivity contribution >= 4 is 27.7 Å². The number of rotatable bonds is 4. The Hall–Kier alpha value is -0.980. The van der Waals surface area contributed by atoms with E-state index < -0.39 is 17.8 Å². The zero-order valence-electron chi connectivity index (χ0n) is 10.9. The Labute approximate surface area is 133 Å². The van der Waals surface area contributed by atoms with Gasteiger partial charge in [0.05, 0.1) is 5.56 Å². The third-order valence-corrected chi connectivity index (χ3v) is 5.04. The third kappa shape index (κ3) is 4.49. The summed E-state index contributed by atoms with van der Waals surface area (Å²) >= 11 is 4.94. The second-order valence-electron chi connectivity index (χ2n) is 4.47. The highest BCUT2D eigenvalue weighted by atomic mass is 79.9. The van der Waals surface area contributed by atoms with Crippen molar-refractivity contribution in [3.05, 3.63) is 64.1 Å². The monoisotopic (exact) mass is 375 g/mol. The van der Waals surface area contributed by atoms with Crippen molar-refractivity contribution in [1.82, 2.24) is 0 Å². The fraction of sp³-hybridized carbons (Fsp3) is 0.200. The number of hydrogen-bond donors (Lipinski definition) is 1. The van der Waals surface area contributed by atoms with Gasteiger partial charge >= 0.3 is 6.18 Å². The van der Waals surface area contributed by atoms with Crippen LogP contribution >= 0.6 is 27.7 Å². The molecule has 112 valence electrons. The molecule has 1 nitrogen and oxygen atoms in total. The first-order chi connectivity index (χ1) is 9.88. The molecule has 2 N–H and O–H groups in total. The maximum atomic E-state index is 12.7. The molecule has 0 spiro atoms. The fourth-order valence-corrected chi connectivity index (χ4v) is 3.34. The van der Waals surface area contributed by atoms with Crippen LogP contribution in [0.15, 0.2) is 57.9 Å².